The Morgan fingerprint density at radius 3 is 2.56 bits per heavy atom. The number of carboxylic acids is 1. The number of tetrazole rings is 1. The molecule has 0 aliphatic heterocycles. The summed E-state index contributed by atoms with van der Waals surface area (Å²) < 4.78 is 1.42. The second kappa shape index (κ2) is 4.59. The molecule has 6 nitrogen and oxygen atoms in total. The Hall–Kier alpha value is -1.46. The Labute approximate surface area is 94.7 Å². The molecule has 0 aliphatic carbocycles. The smallest absolute Gasteiger partial charge is 0.328 e. The molecule has 1 aromatic rings. The lowest BCUT2D eigenvalue weighted by atomic mass is 9.95. The molecule has 1 N–H and O–H groups in total. The number of nitrogens with zero attached hydrogens (tertiary/aromatic N) is 4. The molecule has 0 bridgehead atoms. The fourth-order valence-electron chi connectivity index (χ4n) is 1.52. The highest BCUT2D eigenvalue weighted by Crippen LogP contribution is 2.23. The van der Waals surface area contributed by atoms with Gasteiger partial charge < -0.3 is 5.11 Å². The van der Waals surface area contributed by atoms with E-state index in [1.807, 2.05) is 27.7 Å². The Morgan fingerprint density at radius 2 is 2.12 bits per heavy atom. The molecule has 0 aliphatic rings. The van der Waals surface area contributed by atoms with E-state index in [-0.39, 0.29) is 5.41 Å². The molecule has 0 amide bonds. The topological polar surface area (TPSA) is 80.9 Å². The van der Waals surface area contributed by atoms with Crippen LogP contribution in [0, 0.1) is 0 Å². The lowest BCUT2D eigenvalue weighted by Crippen LogP contribution is -2.27. The van der Waals surface area contributed by atoms with Crippen LogP contribution in [0.1, 0.15) is 52.4 Å². The van der Waals surface area contributed by atoms with E-state index < -0.39 is 12.0 Å². The first-order valence-electron chi connectivity index (χ1n) is 5.39. The van der Waals surface area contributed by atoms with Crippen LogP contribution in [0.5, 0.6) is 0 Å². The molecule has 16 heavy (non-hydrogen) atoms. The van der Waals surface area contributed by atoms with Crippen LogP contribution >= 0.6 is 0 Å². The van der Waals surface area contributed by atoms with Gasteiger partial charge in [0.15, 0.2) is 11.9 Å². The van der Waals surface area contributed by atoms with Crippen molar-refractivity contribution in [2.75, 3.05) is 0 Å². The summed E-state index contributed by atoms with van der Waals surface area (Å²) in [7, 11) is 0. The second-order valence-corrected chi connectivity index (χ2v) is 4.84. The van der Waals surface area contributed by atoms with Crippen LogP contribution in [0.4, 0.5) is 0 Å². The van der Waals surface area contributed by atoms with Gasteiger partial charge >= 0.3 is 5.97 Å². The normalized spacial score (nSPS) is 13.8. The van der Waals surface area contributed by atoms with E-state index in [0.717, 1.165) is 6.42 Å². The fourth-order valence-corrected chi connectivity index (χ4v) is 1.52. The lowest BCUT2D eigenvalue weighted by molar-refractivity contribution is -0.141. The minimum Gasteiger partial charge on any atom is -0.480 e. The molecule has 1 aromatic heterocycles. The quantitative estimate of drug-likeness (QED) is 0.839. The highest BCUT2D eigenvalue weighted by Gasteiger charge is 2.29. The lowest BCUT2D eigenvalue weighted by Gasteiger charge is -2.20. The standard InChI is InChI=1S/C10H18N4O2/c1-5-6-7(8(15)16)14-9(10(2,3)4)11-12-13-14/h7H,5-6H2,1-4H3,(H,15,16). The molecule has 0 saturated carbocycles. The van der Waals surface area contributed by atoms with E-state index >= 15 is 0 Å². The molecule has 0 aromatic carbocycles. The first kappa shape index (κ1) is 12.6. The number of carbonyl (C=O) groups is 1. The molecule has 0 fully saturated rings. The summed E-state index contributed by atoms with van der Waals surface area (Å²) in [6, 6.07) is -0.672. The first-order valence-corrected chi connectivity index (χ1v) is 5.39. The highest BCUT2D eigenvalue weighted by molar-refractivity contribution is 5.71. The van der Waals surface area contributed by atoms with Crippen LogP contribution in [-0.4, -0.2) is 31.3 Å². The predicted molar refractivity (Wildman–Crippen MR) is 58.1 cm³/mol. The zero-order chi connectivity index (χ0) is 12.3. The van der Waals surface area contributed by atoms with Crippen LogP contribution in [-0.2, 0) is 10.2 Å². The van der Waals surface area contributed by atoms with Gasteiger partial charge in [-0.3, -0.25) is 0 Å². The van der Waals surface area contributed by atoms with Gasteiger partial charge in [-0.1, -0.05) is 34.1 Å². The number of aliphatic carboxylic acids is 1. The van der Waals surface area contributed by atoms with Gasteiger partial charge in [-0.05, 0) is 16.8 Å². The van der Waals surface area contributed by atoms with Crippen molar-refractivity contribution in [1.82, 2.24) is 20.2 Å². The Bertz CT molecular complexity index is 367. The molecule has 1 heterocycles. The van der Waals surface area contributed by atoms with Gasteiger partial charge in [0.1, 0.15) is 0 Å². The first-order chi connectivity index (χ1) is 7.38. The summed E-state index contributed by atoms with van der Waals surface area (Å²) in [6.07, 6.45) is 1.31. The molecular formula is C10H18N4O2. The minimum atomic E-state index is -0.889. The highest BCUT2D eigenvalue weighted by atomic mass is 16.4. The van der Waals surface area contributed by atoms with Crippen LogP contribution in [0.3, 0.4) is 0 Å². The van der Waals surface area contributed by atoms with Crippen LogP contribution < -0.4 is 0 Å². The third-order valence-electron chi connectivity index (χ3n) is 2.31. The number of carboxylic acid groups (broad SMARTS) is 1. The number of hydrogen-bond acceptors (Lipinski definition) is 4. The largest absolute Gasteiger partial charge is 0.480 e. The summed E-state index contributed by atoms with van der Waals surface area (Å²) in [4.78, 5) is 11.2. The molecule has 0 saturated heterocycles. The summed E-state index contributed by atoms with van der Waals surface area (Å²) in [5.41, 5.74) is -0.259. The van der Waals surface area contributed by atoms with E-state index in [4.69, 9.17) is 5.11 Å². The maximum atomic E-state index is 11.2. The zero-order valence-electron chi connectivity index (χ0n) is 10.1. The van der Waals surface area contributed by atoms with Gasteiger partial charge in [0.05, 0.1) is 0 Å². The zero-order valence-corrected chi connectivity index (χ0v) is 10.1. The average Bonchev–Trinajstić information content (AvgIpc) is 2.60. The maximum absolute atomic E-state index is 11.2. The van der Waals surface area contributed by atoms with Crippen molar-refractivity contribution in [2.24, 2.45) is 0 Å². The molecule has 1 rings (SSSR count). The van der Waals surface area contributed by atoms with Crippen LogP contribution in [0.15, 0.2) is 0 Å². The van der Waals surface area contributed by atoms with E-state index in [1.54, 1.807) is 0 Å². The van der Waals surface area contributed by atoms with Crippen molar-refractivity contribution >= 4 is 5.97 Å². The maximum Gasteiger partial charge on any atom is 0.328 e. The third kappa shape index (κ3) is 2.56. The van der Waals surface area contributed by atoms with Crippen molar-refractivity contribution in [1.29, 1.82) is 0 Å². The van der Waals surface area contributed by atoms with E-state index in [0.29, 0.717) is 12.2 Å². The monoisotopic (exact) mass is 226 g/mol. The average molecular weight is 226 g/mol. The minimum absolute atomic E-state index is 0.259. The van der Waals surface area contributed by atoms with Crippen molar-refractivity contribution in [3.8, 4) is 0 Å². The van der Waals surface area contributed by atoms with Crippen molar-refractivity contribution < 1.29 is 9.90 Å². The van der Waals surface area contributed by atoms with Gasteiger partial charge in [-0.15, -0.1) is 5.10 Å². The van der Waals surface area contributed by atoms with Crippen LogP contribution in [0.25, 0.3) is 0 Å². The summed E-state index contributed by atoms with van der Waals surface area (Å²) in [6.45, 7) is 7.82. The van der Waals surface area contributed by atoms with Gasteiger partial charge in [0.25, 0.3) is 0 Å². The Kier molecular flexibility index (Phi) is 3.62. The molecule has 6 heteroatoms. The molecule has 90 valence electrons. The number of rotatable bonds is 4. The van der Waals surface area contributed by atoms with E-state index in [2.05, 4.69) is 15.5 Å². The molecule has 1 atom stereocenters. The van der Waals surface area contributed by atoms with Crippen LogP contribution in [0.2, 0.25) is 0 Å². The summed E-state index contributed by atoms with van der Waals surface area (Å²) in [5, 5.41) is 20.4. The van der Waals surface area contributed by atoms with Crippen molar-refractivity contribution in [3.63, 3.8) is 0 Å². The summed E-state index contributed by atoms with van der Waals surface area (Å²) >= 11 is 0. The van der Waals surface area contributed by atoms with Gasteiger partial charge in [-0.25, -0.2) is 9.48 Å². The SMILES string of the molecule is CCCC(C(=O)O)n1nnnc1C(C)(C)C. The van der Waals surface area contributed by atoms with Crippen molar-refractivity contribution in [2.45, 2.75) is 52.0 Å². The molecule has 1 unspecified atom stereocenters. The molecule has 0 radical (unpaired) electrons. The van der Waals surface area contributed by atoms with Gasteiger partial charge in [-0.2, -0.15) is 0 Å². The predicted octanol–water partition coefficient (Wildman–Crippen LogP) is 1.40. The van der Waals surface area contributed by atoms with E-state index in [9.17, 15) is 4.79 Å². The summed E-state index contributed by atoms with van der Waals surface area (Å²) in [5.74, 6) is -0.284. The number of hydrogen-bond donors (Lipinski definition) is 1. The Balaban J connectivity index is 3.10. The number of aromatic nitrogens is 4. The van der Waals surface area contributed by atoms with Gasteiger partial charge in [0, 0.05) is 5.41 Å². The second-order valence-electron chi connectivity index (χ2n) is 4.84. The fraction of sp³-hybridized carbons (Fsp3) is 0.800. The van der Waals surface area contributed by atoms with Gasteiger partial charge in [0.2, 0.25) is 0 Å². The van der Waals surface area contributed by atoms with Crippen molar-refractivity contribution in [3.05, 3.63) is 5.82 Å². The Morgan fingerprint density at radius 1 is 1.50 bits per heavy atom. The molecule has 0 spiro atoms. The van der Waals surface area contributed by atoms with E-state index in [1.165, 1.54) is 4.68 Å². The molecular weight excluding hydrogens is 208 g/mol. The third-order valence-corrected chi connectivity index (χ3v) is 2.31.